The number of rotatable bonds is 6. The van der Waals surface area contributed by atoms with Crippen molar-refractivity contribution >= 4 is 23.0 Å². The third-order valence-corrected chi connectivity index (χ3v) is 4.64. The normalized spacial score (nSPS) is 18.2. The lowest BCUT2D eigenvalue weighted by Crippen LogP contribution is -1.98. The second-order valence-electron chi connectivity index (χ2n) is 6.73. The molecule has 1 aliphatic rings. The van der Waals surface area contributed by atoms with E-state index in [1.54, 1.807) is 19.4 Å². The maximum absolute atomic E-state index is 5.85. The van der Waals surface area contributed by atoms with E-state index in [-0.39, 0.29) is 6.01 Å². The molecule has 2 atom stereocenters. The molecule has 142 valence electrons. The highest BCUT2D eigenvalue weighted by atomic mass is 16.5. The first-order valence-corrected chi connectivity index (χ1v) is 8.96. The fourth-order valence-corrected chi connectivity index (χ4v) is 2.91. The molecule has 0 amide bonds. The monoisotopic (exact) mass is 378 g/mol. The van der Waals surface area contributed by atoms with Crippen LogP contribution in [0.2, 0.25) is 0 Å². The fraction of sp³-hybridized carbons (Fsp3) is 0.263. The maximum atomic E-state index is 5.85. The summed E-state index contributed by atoms with van der Waals surface area (Å²) in [6.45, 7) is 2.18. The molecule has 9 nitrogen and oxygen atoms in total. The lowest BCUT2D eigenvalue weighted by atomic mass is 10.2. The minimum atomic E-state index is 0.230. The standard InChI is InChI=1S/C19H18N6O3/c1-10-9-14(10)27-12-5-3-11(4-6-12)16-24-25-19(28-16)23-18-21-13-7-8-20-17(26-2)15(13)22-18/h3-8,10,14H,9H2,1-2H3,(H2,21,22,23,25). The van der Waals surface area contributed by atoms with Crippen molar-refractivity contribution in [2.75, 3.05) is 12.4 Å². The highest BCUT2D eigenvalue weighted by molar-refractivity contribution is 5.82. The first-order chi connectivity index (χ1) is 13.7. The average Bonchev–Trinajstić information content (AvgIpc) is 3.10. The van der Waals surface area contributed by atoms with E-state index in [2.05, 4.69) is 37.4 Å². The molecule has 1 saturated carbocycles. The molecule has 3 heterocycles. The number of hydrogen-bond donors (Lipinski definition) is 2. The predicted octanol–water partition coefficient (Wildman–Crippen LogP) is 3.55. The second-order valence-corrected chi connectivity index (χ2v) is 6.73. The van der Waals surface area contributed by atoms with Crippen molar-refractivity contribution < 1.29 is 13.9 Å². The Kier molecular flexibility index (Phi) is 3.85. The summed E-state index contributed by atoms with van der Waals surface area (Å²) in [4.78, 5) is 11.7. The van der Waals surface area contributed by atoms with Crippen LogP contribution >= 0.6 is 0 Å². The third kappa shape index (κ3) is 3.11. The van der Waals surface area contributed by atoms with Crippen LogP contribution in [0.4, 0.5) is 12.0 Å². The zero-order valence-corrected chi connectivity index (χ0v) is 15.3. The summed E-state index contributed by atoms with van der Waals surface area (Å²) in [5, 5.41) is 11.1. The molecule has 1 aliphatic carbocycles. The topological polar surface area (TPSA) is 111 Å². The van der Waals surface area contributed by atoms with Crippen molar-refractivity contribution in [1.82, 2.24) is 25.1 Å². The highest BCUT2D eigenvalue weighted by Gasteiger charge is 2.34. The maximum Gasteiger partial charge on any atom is 0.322 e. The number of aromatic nitrogens is 5. The number of anilines is 2. The van der Waals surface area contributed by atoms with Gasteiger partial charge in [0, 0.05) is 11.8 Å². The Balaban J connectivity index is 1.32. The van der Waals surface area contributed by atoms with Gasteiger partial charge in [0.25, 0.3) is 0 Å². The van der Waals surface area contributed by atoms with Gasteiger partial charge in [0.1, 0.15) is 11.9 Å². The first kappa shape index (κ1) is 16.5. The van der Waals surface area contributed by atoms with Crippen molar-refractivity contribution in [1.29, 1.82) is 0 Å². The van der Waals surface area contributed by atoms with Gasteiger partial charge in [-0.15, -0.1) is 5.10 Å². The molecule has 0 radical (unpaired) electrons. The number of benzene rings is 1. The first-order valence-electron chi connectivity index (χ1n) is 8.96. The molecule has 9 heteroatoms. The number of H-pyrrole nitrogens is 1. The van der Waals surface area contributed by atoms with Gasteiger partial charge in [-0.2, -0.15) is 0 Å². The summed E-state index contributed by atoms with van der Waals surface area (Å²) in [5.41, 5.74) is 2.22. The summed E-state index contributed by atoms with van der Waals surface area (Å²) in [6, 6.07) is 9.66. The second kappa shape index (κ2) is 6.52. The van der Waals surface area contributed by atoms with Crippen molar-refractivity contribution in [3.8, 4) is 23.1 Å². The molecular formula is C19H18N6O3. The van der Waals surface area contributed by atoms with Crippen molar-refractivity contribution in [2.45, 2.75) is 19.4 Å². The largest absolute Gasteiger partial charge is 0.490 e. The zero-order valence-electron chi connectivity index (χ0n) is 15.3. The van der Waals surface area contributed by atoms with Gasteiger partial charge < -0.3 is 18.9 Å². The SMILES string of the molecule is COc1nccc2[nH]c(Nc3nnc(-c4ccc(OC5CC5C)cc4)o3)nc12. The molecule has 5 rings (SSSR count). The molecule has 1 aromatic carbocycles. The van der Waals surface area contributed by atoms with E-state index < -0.39 is 0 Å². The molecule has 28 heavy (non-hydrogen) atoms. The van der Waals surface area contributed by atoms with E-state index in [1.807, 2.05) is 24.3 Å². The number of imidazole rings is 1. The molecule has 0 bridgehead atoms. The van der Waals surface area contributed by atoms with Crippen LogP contribution in [0.15, 0.2) is 40.9 Å². The van der Waals surface area contributed by atoms with Crippen LogP contribution in [0.25, 0.3) is 22.5 Å². The van der Waals surface area contributed by atoms with Crippen LogP contribution in [0.1, 0.15) is 13.3 Å². The van der Waals surface area contributed by atoms with Crippen LogP contribution in [0.5, 0.6) is 11.6 Å². The summed E-state index contributed by atoms with van der Waals surface area (Å²) in [5.74, 6) is 2.79. The Bertz CT molecular complexity index is 1120. The molecule has 2 N–H and O–H groups in total. The van der Waals surface area contributed by atoms with Gasteiger partial charge in [-0.05, 0) is 42.7 Å². The van der Waals surface area contributed by atoms with E-state index in [1.165, 1.54) is 0 Å². The quantitative estimate of drug-likeness (QED) is 0.524. The number of nitrogens with one attached hydrogen (secondary N) is 2. The predicted molar refractivity (Wildman–Crippen MR) is 102 cm³/mol. The number of fused-ring (bicyclic) bond motifs is 1. The minimum Gasteiger partial charge on any atom is -0.490 e. The molecule has 4 aromatic rings. The van der Waals surface area contributed by atoms with Gasteiger partial charge in [0.2, 0.25) is 17.7 Å². The molecule has 1 fully saturated rings. The van der Waals surface area contributed by atoms with E-state index in [4.69, 9.17) is 13.9 Å². The number of ether oxygens (including phenoxy) is 2. The molecule has 2 unspecified atom stereocenters. The fourth-order valence-electron chi connectivity index (χ4n) is 2.91. The number of hydrogen-bond acceptors (Lipinski definition) is 8. The molecule has 3 aromatic heterocycles. The third-order valence-electron chi connectivity index (χ3n) is 4.64. The lowest BCUT2D eigenvalue weighted by Gasteiger charge is -2.04. The average molecular weight is 378 g/mol. The highest BCUT2D eigenvalue weighted by Crippen LogP contribution is 2.34. The van der Waals surface area contributed by atoms with Crippen LogP contribution in [0, 0.1) is 5.92 Å². The van der Waals surface area contributed by atoms with E-state index >= 15 is 0 Å². The smallest absolute Gasteiger partial charge is 0.322 e. The van der Waals surface area contributed by atoms with E-state index in [0.29, 0.717) is 35.3 Å². The van der Waals surface area contributed by atoms with Gasteiger partial charge in [0.05, 0.1) is 12.6 Å². The number of pyridine rings is 1. The summed E-state index contributed by atoms with van der Waals surface area (Å²) in [6.07, 6.45) is 3.10. The van der Waals surface area contributed by atoms with E-state index in [0.717, 1.165) is 23.3 Å². The number of methoxy groups -OCH3 is 1. The van der Waals surface area contributed by atoms with Crippen LogP contribution in [-0.2, 0) is 0 Å². The Morgan fingerprint density at radius 2 is 2.00 bits per heavy atom. The van der Waals surface area contributed by atoms with Crippen molar-refractivity contribution in [2.24, 2.45) is 5.92 Å². The summed E-state index contributed by atoms with van der Waals surface area (Å²) < 4.78 is 16.8. The summed E-state index contributed by atoms with van der Waals surface area (Å²) in [7, 11) is 1.55. The van der Waals surface area contributed by atoms with Crippen LogP contribution < -0.4 is 14.8 Å². The van der Waals surface area contributed by atoms with E-state index in [9.17, 15) is 0 Å². The number of nitrogens with zero attached hydrogens (tertiary/aromatic N) is 4. The van der Waals surface area contributed by atoms with Gasteiger partial charge in [-0.1, -0.05) is 12.0 Å². The van der Waals surface area contributed by atoms with Gasteiger partial charge in [-0.25, -0.2) is 9.97 Å². The van der Waals surface area contributed by atoms with Gasteiger partial charge in [-0.3, -0.25) is 5.32 Å². The Labute approximate surface area is 160 Å². The molecule has 0 spiro atoms. The zero-order chi connectivity index (χ0) is 19.1. The van der Waals surface area contributed by atoms with Gasteiger partial charge in [0.15, 0.2) is 5.52 Å². The molecule has 0 aliphatic heterocycles. The minimum absolute atomic E-state index is 0.230. The van der Waals surface area contributed by atoms with Crippen LogP contribution in [-0.4, -0.2) is 38.4 Å². The van der Waals surface area contributed by atoms with Crippen molar-refractivity contribution in [3.05, 3.63) is 36.5 Å². The Morgan fingerprint density at radius 3 is 2.75 bits per heavy atom. The van der Waals surface area contributed by atoms with Gasteiger partial charge >= 0.3 is 6.01 Å². The Hall–Kier alpha value is -3.62. The molecular weight excluding hydrogens is 360 g/mol. The number of aromatic amines is 1. The lowest BCUT2D eigenvalue weighted by molar-refractivity contribution is 0.288. The summed E-state index contributed by atoms with van der Waals surface area (Å²) >= 11 is 0. The Morgan fingerprint density at radius 1 is 1.18 bits per heavy atom. The van der Waals surface area contributed by atoms with Crippen LogP contribution in [0.3, 0.4) is 0 Å². The molecule has 0 saturated heterocycles. The van der Waals surface area contributed by atoms with Crippen molar-refractivity contribution in [3.63, 3.8) is 0 Å².